The summed E-state index contributed by atoms with van der Waals surface area (Å²) in [5.41, 5.74) is 3.68. The zero-order valence-electron chi connectivity index (χ0n) is 19.5. The lowest BCUT2D eigenvalue weighted by Crippen LogP contribution is -2.25. The first kappa shape index (κ1) is 25.2. The zero-order valence-corrected chi connectivity index (χ0v) is 21.2. The number of thiophene rings is 1. The molecule has 1 aliphatic rings. The highest BCUT2D eigenvalue weighted by Gasteiger charge is 2.27. The summed E-state index contributed by atoms with van der Waals surface area (Å²) >= 11 is 1.50. The Bertz CT molecular complexity index is 1600. The van der Waals surface area contributed by atoms with E-state index >= 15 is 0 Å². The van der Waals surface area contributed by atoms with Gasteiger partial charge in [0.15, 0.2) is 9.84 Å². The number of nitrogens with zero attached hydrogens (tertiary/aromatic N) is 2. The van der Waals surface area contributed by atoms with Gasteiger partial charge in [-0.3, -0.25) is 9.78 Å². The normalized spacial score (nSPS) is 13.3. The van der Waals surface area contributed by atoms with Gasteiger partial charge in [-0.1, -0.05) is 6.07 Å². The van der Waals surface area contributed by atoms with Crippen LogP contribution in [0, 0.1) is 11.6 Å². The lowest BCUT2D eigenvalue weighted by atomic mass is 10.1. The molecule has 1 N–H and O–H groups in total. The van der Waals surface area contributed by atoms with Crippen molar-refractivity contribution < 1.29 is 27.1 Å². The molecule has 3 heterocycles. The predicted molar refractivity (Wildman–Crippen MR) is 137 cm³/mol. The van der Waals surface area contributed by atoms with E-state index in [0.29, 0.717) is 36.7 Å². The van der Waals surface area contributed by atoms with E-state index in [2.05, 4.69) is 4.98 Å². The fraction of sp³-hybridized carbons (Fsp3) is 0.185. The summed E-state index contributed by atoms with van der Waals surface area (Å²) < 4.78 is 52.8. The number of fused-ring (bicyclic) bond motifs is 1. The molecule has 5 rings (SSSR count). The topological polar surface area (TPSA) is 87.6 Å². The van der Waals surface area contributed by atoms with Crippen LogP contribution in [-0.4, -0.2) is 42.5 Å². The number of carbonyl (C=O) groups excluding carboxylic acids is 1. The quantitative estimate of drug-likeness (QED) is 0.316. The number of aliphatic hydroxyl groups excluding tert-OH is 1. The Morgan fingerprint density at radius 3 is 2.51 bits per heavy atom. The van der Waals surface area contributed by atoms with Crippen LogP contribution in [0.2, 0.25) is 0 Å². The van der Waals surface area contributed by atoms with Gasteiger partial charge >= 0.3 is 0 Å². The van der Waals surface area contributed by atoms with Gasteiger partial charge in [0.25, 0.3) is 5.91 Å². The highest BCUT2D eigenvalue weighted by Crippen LogP contribution is 2.36. The van der Waals surface area contributed by atoms with E-state index in [-0.39, 0.29) is 12.5 Å². The van der Waals surface area contributed by atoms with Crippen molar-refractivity contribution in [3.8, 4) is 20.9 Å². The molecule has 2 aromatic heterocycles. The van der Waals surface area contributed by atoms with Gasteiger partial charge in [-0.25, -0.2) is 17.2 Å². The fourth-order valence-electron chi connectivity index (χ4n) is 4.35. The number of carbonyl (C=O) groups is 1. The summed E-state index contributed by atoms with van der Waals surface area (Å²) in [5, 5.41) is 9.07. The second-order valence-corrected chi connectivity index (χ2v) is 11.8. The number of hydrogen-bond acceptors (Lipinski definition) is 6. The van der Waals surface area contributed by atoms with Crippen molar-refractivity contribution in [2.45, 2.75) is 23.6 Å². The summed E-state index contributed by atoms with van der Waals surface area (Å²) in [6.45, 7) is 1.05. The van der Waals surface area contributed by atoms with E-state index in [1.807, 2.05) is 30.3 Å². The van der Waals surface area contributed by atoms with Crippen molar-refractivity contribution in [3.05, 3.63) is 95.3 Å². The van der Waals surface area contributed by atoms with E-state index in [9.17, 15) is 22.0 Å². The summed E-state index contributed by atoms with van der Waals surface area (Å²) in [7, 11) is -4.04. The molecule has 0 spiro atoms. The lowest BCUT2D eigenvalue weighted by molar-refractivity contribution is 0.0768. The Balaban J connectivity index is 1.36. The van der Waals surface area contributed by atoms with Crippen LogP contribution in [0.25, 0.3) is 20.9 Å². The predicted octanol–water partition coefficient (Wildman–Crippen LogP) is 5.07. The van der Waals surface area contributed by atoms with E-state index in [1.165, 1.54) is 17.5 Å². The number of aliphatic hydroxyl groups is 1. The molecule has 4 aromatic rings. The number of hydrogen-bond donors (Lipinski definition) is 1. The SMILES string of the molecule is O=C1c2ccc(-c3ccc(-c4cncc(CS(=O)(=O)c5ccc(F)cc5F)c4)s3)cc2CN1CCCO. The van der Waals surface area contributed by atoms with E-state index in [4.69, 9.17) is 5.11 Å². The molecule has 37 heavy (non-hydrogen) atoms. The number of pyridine rings is 1. The average molecular weight is 541 g/mol. The Morgan fingerprint density at radius 2 is 1.76 bits per heavy atom. The van der Waals surface area contributed by atoms with Gasteiger partial charge in [0.05, 0.1) is 5.75 Å². The zero-order chi connectivity index (χ0) is 26.2. The number of sulfone groups is 1. The molecule has 190 valence electrons. The third kappa shape index (κ3) is 5.18. The Morgan fingerprint density at radius 1 is 0.973 bits per heavy atom. The molecule has 0 aliphatic carbocycles. The van der Waals surface area contributed by atoms with E-state index in [1.54, 1.807) is 17.2 Å². The monoisotopic (exact) mass is 540 g/mol. The standard InChI is InChI=1S/C27H22F2N2O4S2/c28-21-3-7-26(23(29)12-21)37(34,35)16-17-10-19(14-30-13-17)25-6-5-24(36-25)18-2-4-22-20(11-18)15-31(27(22)33)8-1-9-32/h2-7,10-14,32H,1,8-9,15-16H2. The minimum Gasteiger partial charge on any atom is -0.396 e. The van der Waals surface area contributed by atoms with Crippen LogP contribution in [0.15, 0.2) is 71.9 Å². The third-order valence-electron chi connectivity index (χ3n) is 6.13. The van der Waals surface area contributed by atoms with Crippen LogP contribution in [0.4, 0.5) is 8.78 Å². The van der Waals surface area contributed by atoms with Crippen molar-refractivity contribution in [1.29, 1.82) is 0 Å². The van der Waals surface area contributed by atoms with Gasteiger partial charge in [-0.05, 0) is 65.6 Å². The summed E-state index contributed by atoms with van der Waals surface area (Å²) in [5.74, 6) is -2.47. The first-order chi connectivity index (χ1) is 17.7. The molecule has 0 radical (unpaired) electrons. The van der Waals surface area contributed by atoms with Crippen molar-refractivity contribution in [1.82, 2.24) is 9.88 Å². The van der Waals surface area contributed by atoms with Crippen molar-refractivity contribution >= 4 is 27.1 Å². The summed E-state index contributed by atoms with van der Waals surface area (Å²) in [6, 6.07) is 13.7. The van der Waals surface area contributed by atoms with Crippen molar-refractivity contribution in [2.75, 3.05) is 13.2 Å². The van der Waals surface area contributed by atoms with Gasteiger partial charge in [0, 0.05) is 59.0 Å². The third-order valence-corrected chi connectivity index (χ3v) is 9.02. The maximum atomic E-state index is 14.1. The molecule has 1 aliphatic heterocycles. The first-order valence-electron chi connectivity index (χ1n) is 11.5. The molecule has 10 heteroatoms. The number of halogens is 2. The van der Waals surface area contributed by atoms with Crippen LogP contribution in [0.5, 0.6) is 0 Å². The highest BCUT2D eigenvalue weighted by molar-refractivity contribution is 7.90. The van der Waals surface area contributed by atoms with Crippen LogP contribution in [0.1, 0.15) is 27.9 Å². The Labute approximate surface area is 216 Å². The number of aromatic nitrogens is 1. The second-order valence-electron chi connectivity index (χ2n) is 8.76. The molecular formula is C27H22F2N2O4S2. The van der Waals surface area contributed by atoms with Gasteiger partial charge < -0.3 is 10.0 Å². The van der Waals surface area contributed by atoms with Gasteiger partial charge in [0.2, 0.25) is 0 Å². The molecule has 0 unspecified atom stereocenters. The van der Waals surface area contributed by atoms with Gasteiger partial charge in [-0.15, -0.1) is 11.3 Å². The lowest BCUT2D eigenvalue weighted by Gasteiger charge is -2.13. The van der Waals surface area contributed by atoms with Crippen LogP contribution in [0.3, 0.4) is 0 Å². The molecule has 0 atom stereocenters. The van der Waals surface area contributed by atoms with Crippen molar-refractivity contribution in [2.24, 2.45) is 0 Å². The molecule has 2 aromatic carbocycles. The summed E-state index contributed by atoms with van der Waals surface area (Å²) in [4.78, 5) is 19.8. The van der Waals surface area contributed by atoms with Crippen LogP contribution in [-0.2, 0) is 22.1 Å². The maximum Gasteiger partial charge on any atom is 0.254 e. The van der Waals surface area contributed by atoms with Gasteiger partial charge in [0.1, 0.15) is 16.5 Å². The smallest absolute Gasteiger partial charge is 0.254 e. The molecule has 0 fully saturated rings. The Hall–Kier alpha value is -3.47. The largest absolute Gasteiger partial charge is 0.396 e. The van der Waals surface area contributed by atoms with Gasteiger partial charge in [-0.2, -0.15) is 0 Å². The fourth-order valence-corrected chi connectivity index (χ4v) is 6.72. The van der Waals surface area contributed by atoms with Crippen LogP contribution < -0.4 is 0 Å². The highest BCUT2D eigenvalue weighted by atomic mass is 32.2. The molecular weight excluding hydrogens is 518 g/mol. The maximum absolute atomic E-state index is 14.1. The molecule has 0 saturated heterocycles. The first-order valence-corrected chi connectivity index (χ1v) is 14.0. The number of rotatable bonds is 8. The minimum absolute atomic E-state index is 0.0276. The number of amides is 1. The average Bonchev–Trinajstić information content (AvgIpc) is 3.47. The van der Waals surface area contributed by atoms with E-state index < -0.39 is 32.1 Å². The molecule has 0 bridgehead atoms. The van der Waals surface area contributed by atoms with E-state index in [0.717, 1.165) is 38.6 Å². The minimum atomic E-state index is -4.04. The van der Waals surface area contributed by atoms with Crippen molar-refractivity contribution in [3.63, 3.8) is 0 Å². The molecule has 0 saturated carbocycles. The number of benzene rings is 2. The molecule has 1 amide bonds. The summed E-state index contributed by atoms with van der Waals surface area (Å²) in [6.07, 6.45) is 3.58. The molecule has 6 nitrogen and oxygen atoms in total. The second kappa shape index (κ2) is 10.1. The van der Waals surface area contributed by atoms with Crippen LogP contribution >= 0.6 is 11.3 Å². The Kier molecular flexibility index (Phi) is 6.89.